The molecule has 0 aromatic heterocycles. The molecule has 14 nitrogen and oxygen atoms in total. The van der Waals surface area contributed by atoms with E-state index in [1.54, 1.807) is 0 Å². The zero-order valence-electron chi connectivity index (χ0n) is 51.2. The third kappa shape index (κ3) is 41.8. The average molecular weight is 1120 g/mol. The van der Waals surface area contributed by atoms with Gasteiger partial charge in [-0.3, -0.25) is 19.2 Å². The van der Waals surface area contributed by atoms with Crippen molar-refractivity contribution in [2.24, 2.45) is 0 Å². The molecule has 0 aliphatic carbocycles. The lowest BCUT2D eigenvalue weighted by molar-refractivity contribution is -0.274. The molecule has 1 heterocycles. The largest absolute Gasteiger partial charge is 0.480 e. The third-order valence-corrected chi connectivity index (χ3v) is 15.8. The number of rotatable bonds is 57. The van der Waals surface area contributed by atoms with Gasteiger partial charge >= 0.3 is 17.9 Å². The summed E-state index contributed by atoms with van der Waals surface area (Å²) in [6, 6.07) is -2.84. The molecule has 0 saturated carbocycles. The van der Waals surface area contributed by atoms with Crippen LogP contribution in [-0.4, -0.2) is 101 Å². The lowest BCUT2D eigenvalue weighted by atomic mass is 9.96. The van der Waals surface area contributed by atoms with E-state index in [9.17, 15) is 39.3 Å². The summed E-state index contributed by atoms with van der Waals surface area (Å²) in [7, 11) is 0. The van der Waals surface area contributed by atoms with Crippen LogP contribution in [-0.2, 0) is 42.9 Å². The maximum Gasteiger partial charge on any atom is 0.328 e. The van der Waals surface area contributed by atoms with Crippen molar-refractivity contribution in [3.05, 3.63) is 0 Å². The van der Waals surface area contributed by atoms with Crippen LogP contribution in [0.3, 0.4) is 0 Å². The van der Waals surface area contributed by atoms with Gasteiger partial charge in [0.1, 0.15) is 24.4 Å². The van der Waals surface area contributed by atoms with Crippen molar-refractivity contribution >= 4 is 29.7 Å². The van der Waals surface area contributed by atoms with E-state index < -0.39 is 79.8 Å². The number of ether oxygens (including phenoxy) is 4. The van der Waals surface area contributed by atoms with Crippen molar-refractivity contribution in [1.29, 1.82) is 0 Å². The number of aliphatic hydroxyl groups excluding tert-OH is 2. The van der Waals surface area contributed by atoms with Gasteiger partial charge in [-0.1, -0.05) is 272 Å². The van der Waals surface area contributed by atoms with Gasteiger partial charge in [0.25, 0.3) is 0 Å². The topological polar surface area (TPSA) is 207 Å². The Morgan fingerprint density at radius 3 is 1.24 bits per heavy atom. The van der Waals surface area contributed by atoms with Gasteiger partial charge in [0.15, 0.2) is 18.4 Å². The van der Waals surface area contributed by atoms with E-state index in [0.29, 0.717) is 25.7 Å². The number of carboxylic acid groups (broad SMARTS) is 1. The maximum atomic E-state index is 14.2. The first-order valence-corrected chi connectivity index (χ1v) is 33.3. The second kappa shape index (κ2) is 53.2. The van der Waals surface area contributed by atoms with Crippen molar-refractivity contribution in [2.45, 2.75) is 372 Å². The highest BCUT2D eigenvalue weighted by molar-refractivity contribution is 5.83. The summed E-state index contributed by atoms with van der Waals surface area (Å²) in [5, 5.41) is 37.6. The van der Waals surface area contributed by atoms with Crippen molar-refractivity contribution in [2.75, 3.05) is 13.2 Å². The molecule has 0 unspecified atom stereocenters. The van der Waals surface area contributed by atoms with Gasteiger partial charge in [0.2, 0.25) is 11.8 Å². The number of nitrogens with one attached hydrogen (secondary N) is 2. The predicted molar refractivity (Wildman–Crippen MR) is 319 cm³/mol. The number of aliphatic carboxylic acids is 1. The minimum atomic E-state index is -1.58. The minimum Gasteiger partial charge on any atom is -0.480 e. The quantitative estimate of drug-likeness (QED) is 0.0285. The Balaban J connectivity index is 3.14. The summed E-state index contributed by atoms with van der Waals surface area (Å²) in [5.41, 5.74) is 0. The summed E-state index contributed by atoms with van der Waals surface area (Å²) in [6.45, 7) is 7.60. The molecule has 2 amide bonds. The van der Waals surface area contributed by atoms with E-state index in [2.05, 4.69) is 38.3 Å². The fourth-order valence-corrected chi connectivity index (χ4v) is 10.7. The fourth-order valence-electron chi connectivity index (χ4n) is 10.7. The van der Waals surface area contributed by atoms with E-state index in [-0.39, 0.29) is 31.7 Å². The van der Waals surface area contributed by atoms with Crippen molar-refractivity contribution < 1.29 is 58.2 Å². The molecule has 5 N–H and O–H groups in total. The van der Waals surface area contributed by atoms with Crippen molar-refractivity contribution in [3.63, 3.8) is 0 Å². The van der Waals surface area contributed by atoms with E-state index in [4.69, 9.17) is 18.9 Å². The van der Waals surface area contributed by atoms with E-state index in [0.717, 1.165) is 89.9 Å². The standard InChI is InChI=1S/C65H122N2O12/c1-5-9-13-17-21-25-28-32-36-40-44-48-57(69)66-55(64(74)75)53-76-65-61(63(62(73)56(52-68)78-65)79-60(72)50-46-42-38-34-30-27-23-19-15-11-7-3)67-58(70)51-54(47-43-39-35-31-24-20-16-12-8-4)77-59(71)49-45-41-37-33-29-26-22-18-14-10-6-2/h54-56,61-63,65,68,73H,5-53H2,1-4H3,(H,66,69)(H,67,70)(H,74,75)/t54-,55+,56-,61-,62-,63-,65-/m1/s1. The second-order valence-corrected chi connectivity index (χ2v) is 23.3. The van der Waals surface area contributed by atoms with Gasteiger partial charge in [0, 0.05) is 19.3 Å². The van der Waals surface area contributed by atoms with Crippen LogP contribution < -0.4 is 10.6 Å². The van der Waals surface area contributed by atoms with Crippen LogP contribution in [0.2, 0.25) is 0 Å². The van der Waals surface area contributed by atoms with E-state index in [1.165, 1.54) is 161 Å². The first-order chi connectivity index (χ1) is 38.5. The molecule has 0 aromatic rings. The lowest BCUT2D eigenvalue weighted by Gasteiger charge is -2.44. The first kappa shape index (κ1) is 74.2. The van der Waals surface area contributed by atoms with Gasteiger partial charge in [-0.05, 0) is 32.1 Å². The van der Waals surface area contributed by atoms with Gasteiger partial charge in [-0.15, -0.1) is 0 Å². The Labute approximate surface area is 482 Å². The van der Waals surface area contributed by atoms with Gasteiger partial charge < -0.3 is 44.9 Å². The molecule has 0 spiro atoms. The Morgan fingerprint density at radius 2 is 0.848 bits per heavy atom. The van der Waals surface area contributed by atoms with Gasteiger partial charge in [0.05, 0.1) is 19.6 Å². The molecular weight excluding hydrogens is 1000 g/mol. The molecule has 464 valence electrons. The predicted octanol–water partition coefficient (Wildman–Crippen LogP) is 15.4. The highest BCUT2D eigenvalue weighted by Crippen LogP contribution is 2.27. The minimum absolute atomic E-state index is 0.0687. The second-order valence-electron chi connectivity index (χ2n) is 23.3. The number of hydrogen-bond donors (Lipinski definition) is 5. The molecule has 1 aliphatic rings. The summed E-state index contributed by atoms with van der Waals surface area (Å²) < 4.78 is 24.1. The van der Waals surface area contributed by atoms with E-state index >= 15 is 0 Å². The molecule has 79 heavy (non-hydrogen) atoms. The SMILES string of the molecule is CCCCCCCCCCCCCC(=O)N[C@@H](CO[C@@H]1O[C@H](CO)[C@@H](O)[C@H](OC(=O)CCCCCCCCCCCCC)[C@H]1NC(=O)C[C@@H](CCCCCCCCCCC)OC(=O)CCCCCCCCCCCCC)C(=O)O. The molecule has 1 rings (SSSR count). The smallest absolute Gasteiger partial charge is 0.328 e. The Morgan fingerprint density at radius 1 is 0.481 bits per heavy atom. The van der Waals surface area contributed by atoms with Crippen LogP contribution in [0.1, 0.15) is 329 Å². The highest BCUT2D eigenvalue weighted by atomic mass is 16.7. The van der Waals surface area contributed by atoms with Gasteiger partial charge in [-0.2, -0.15) is 0 Å². The molecule has 14 heteroatoms. The van der Waals surface area contributed by atoms with E-state index in [1.807, 2.05) is 0 Å². The van der Waals surface area contributed by atoms with Gasteiger partial charge in [-0.25, -0.2) is 4.79 Å². The molecule has 1 fully saturated rings. The monoisotopic (exact) mass is 1120 g/mol. The zero-order chi connectivity index (χ0) is 57.8. The number of carboxylic acids is 1. The average Bonchev–Trinajstić information content (AvgIpc) is 3.43. The summed E-state index contributed by atoms with van der Waals surface area (Å²) in [6.07, 6.45) is 41.3. The molecule has 1 aliphatic heterocycles. The summed E-state index contributed by atoms with van der Waals surface area (Å²) in [4.78, 5) is 66.7. The number of unbranched alkanes of at least 4 members (excludes halogenated alkanes) is 38. The van der Waals surface area contributed by atoms with Crippen LogP contribution in [0, 0.1) is 0 Å². The number of amides is 2. The van der Waals surface area contributed by atoms with Crippen molar-refractivity contribution in [3.8, 4) is 0 Å². The number of aliphatic hydroxyl groups is 2. The summed E-state index contributed by atoms with van der Waals surface area (Å²) >= 11 is 0. The maximum absolute atomic E-state index is 14.2. The molecule has 0 radical (unpaired) electrons. The Bertz CT molecular complexity index is 1470. The number of hydrogen-bond acceptors (Lipinski definition) is 11. The number of esters is 2. The zero-order valence-corrected chi connectivity index (χ0v) is 51.2. The van der Waals surface area contributed by atoms with Crippen LogP contribution in [0.4, 0.5) is 0 Å². The van der Waals surface area contributed by atoms with Crippen LogP contribution in [0.25, 0.3) is 0 Å². The fraction of sp³-hybridized carbons (Fsp3) is 0.923. The third-order valence-electron chi connectivity index (χ3n) is 15.8. The highest BCUT2D eigenvalue weighted by Gasteiger charge is 2.49. The Kier molecular flexibility index (Phi) is 50.0. The molecule has 7 atom stereocenters. The normalized spacial score (nSPS) is 18.0. The van der Waals surface area contributed by atoms with Crippen molar-refractivity contribution in [1.82, 2.24) is 10.6 Å². The number of carbonyl (C=O) groups is 5. The first-order valence-electron chi connectivity index (χ1n) is 33.3. The molecule has 0 bridgehead atoms. The molecule has 1 saturated heterocycles. The molecular formula is C65H122N2O12. The summed E-state index contributed by atoms with van der Waals surface area (Å²) in [5.74, 6) is -3.30. The van der Waals surface area contributed by atoms with Crippen LogP contribution >= 0.6 is 0 Å². The van der Waals surface area contributed by atoms with Crippen LogP contribution in [0.5, 0.6) is 0 Å². The lowest BCUT2D eigenvalue weighted by Crippen LogP contribution is -2.66. The molecule has 0 aromatic carbocycles. The van der Waals surface area contributed by atoms with Crippen LogP contribution in [0.15, 0.2) is 0 Å². The number of carbonyl (C=O) groups excluding carboxylic acids is 4. The Hall–Kier alpha value is -2.81.